The van der Waals surface area contributed by atoms with Crippen LogP contribution in [0.4, 0.5) is 8.78 Å². The van der Waals surface area contributed by atoms with E-state index in [9.17, 15) is 25.6 Å². The van der Waals surface area contributed by atoms with Gasteiger partial charge in [-0.1, -0.05) is 30.3 Å². The lowest BCUT2D eigenvalue weighted by Crippen LogP contribution is -2.26. The first kappa shape index (κ1) is 27.2. The predicted octanol–water partition coefficient (Wildman–Crippen LogP) is 6.23. The van der Waals surface area contributed by atoms with Gasteiger partial charge >= 0.3 is 15.4 Å². The highest BCUT2D eigenvalue weighted by molar-refractivity contribution is 7.91. The number of alkyl halides is 2. The van der Waals surface area contributed by atoms with Crippen LogP contribution in [-0.4, -0.2) is 28.5 Å². The molecule has 4 rings (SSSR count). The van der Waals surface area contributed by atoms with Crippen LogP contribution in [0.1, 0.15) is 11.1 Å². The van der Waals surface area contributed by atoms with Gasteiger partial charge in [-0.25, -0.2) is 8.42 Å². The predicted molar refractivity (Wildman–Crippen MR) is 137 cm³/mol. The highest BCUT2D eigenvalue weighted by atomic mass is 32.2. The molecule has 0 saturated heterocycles. The number of aryl methyl sites for hydroxylation is 1. The zero-order valence-electron chi connectivity index (χ0n) is 20.1. The summed E-state index contributed by atoms with van der Waals surface area (Å²) in [4.78, 5) is -0.770. The van der Waals surface area contributed by atoms with Gasteiger partial charge in [-0.05, 0) is 84.3 Å². The topological polar surface area (TPSA) is 107 Å². The summed E-state index contributed by atoms with van der Waals surface area (Å²) in [5, 5.41) is -4.68. The number of hydrogen-bond acceptors (Lipinski definition) is 6. The van der Waals surface area contributed by atoms with E-state index in [1.165, 1.54) is 31.2 Å². The second kappa shape index (κ2) is 10.2. The fourth-order valence-corrected chi connectivity index (χ4v) is 5.46. The van der Waals surface area contributed by atoms with E-state index in [1.807, 2.05) is 36.4 Å². The molecule has 0 heterocycles. The van der Waals surface area contributed by atoms with E-state index in [4.69, 9.17) is 14.0 Å². The average molecular weight is 561 g/mol. The second-order valence-corrected chi connectivity index (χ2v) is 11.7. The molecule has 4 aromatic rings. The molecule has 1 N–H and O–H groups in total. The first-order valence-corrected chi connectivity index (χ1v) is 14.0. The van der Waals surface area contributed by atoms with Crippen molar-refractivity contribution < 1.29 is 39.6 Å². The molecule has 11 heteroatoms. The van der Waals surface area contributed by atoms with E-state index >= 15 is 0 Å². The molecule has 0 aliphatic heterocycles. The summed E-state index contributed by atoms with van der Waals surface area (Å²) < 4.78 is 96.8. The van der Waals surface area contributed by atoms with Crippen molar-refractivity contribution >= 4 is 20.0 Å². The van der Waals surface area contributed by atoms with Crippen molar-refractivity contribution in [2.45, 2.75) is 22.0 Å². The number of benzene rings is 4. The second-order valence-electron chi connectivity index (χ2n) is 8.30. The molecular formula is C27H22F2O7S2. The van der Waals surface area contributed by atoms with Crippen molar-refractivity contribution in [1.82, 2.24) is 0 Å². The molecule has 198 valence electrons. The summed E-state index contributed by atoms with van der Waals surface area (Å²) in [6.07, 6.45) is 0. The molecule has 7 nitrogen and oxygen atoms in total. The summed E-state index contributed by atoms with van der Waals surface area (Å²) in [5.74, 6) is 1.59. The van der Waals surface area contributed by atoms with E-state index < -0.39 is 35.7 Å². The minimum atomic E-state index is -5.81. The van der Waals surface area contributed by atoms with Crippen LogP contribution in [-0.2, 0) is 25.2 Å². The normalized spacial score (nSPS) is 12.2. The van der Waals surface area contributed by atoms with Gasteiger partial charge in [0.15, 0.2) is 0 Å². The number of sulfone groups is 1. The van der Waals surface area contributed by atoms with Crippen molar-refractivity contribution in [3.05, 3.63) is 102 Å². The van der Waals surface area contributed by atoms with Crippen molar-refractivity contribution in [1.29, 1.82) is 0 Å². The Morgan fingerprint density at radius 1 is 0.684 bits per heavy atom. The standard InChI is InChI=1S/C27H22F2O7S2/c1-18-3-14-25(17-26(18)27(28,29)38(32,33)34)37(30,31)24-15-12-23(13-16-24)36-22-10-6-20(7-11-22)19-4-8-21(35-2)9-5-19/h3-17H,1-2H3,(H,32,33,34). The Kier molecular flexibility index (Phi) is 7.29. The highest BCUT2D eigenvalue weighted by Crippen LogP contribution is 2.37. The number of ether oxygens (including phenoxy) is 2. The third kappa shape index (κ3) is 5.40. The Morgan fingerprint density at radius 3 is 1.61 bits per heavy atom. The molecule has 0 radical (unpaired) electrons. The summed E-state index contributed by atoms with van der Waals surface area (Å²) in [7, 11) is -8.51. The molecule has 0 fully saturated rings. The molecular weight excluding hydrogens is 538 g/mol. The molecule has 4 aromatic carbocycles. The van der Waals surface area contributed by atoms with Crippen LogP contribution >= 0.6 is 0 Å². The minimum absolute atomic E-state index is 0.201. The van der Waals surface area contributed by atoms with E-state index in [1.54, 1.807) is 19.2 Å². The van der Waals surface area contributed by atoms with Gasteiger partial charge in [0.2, 0.25) is 9.84 Å². The van der Waals surface area contributed by atoms with Crippen LogP contribution in [0.3, 0.4) is 0 Å². The van der Waals surface area contributed by atoms with Crippen LogP contribution in [0.25, 0.3) is 11.1 Å². The summed E-state index contributed by atoms with van der Waals surface area (Å²) in [6, 6.07) is 22.8. The maximum Gasteiger partial charge on any atom is 0.395 e. The maximum atomic E-state index is 14.3. The van der Waals surface area contributed by atoms with Gasteiger partial charge in [0.25, 0.3) is 0 Å². The number of hydrogen-bond donors (Lipinski definition) is 1. The SMILES string of the molecule is COc1ccc(-c2ccc(Oc3ccc(S(=O)(=O)c4ccc(C)c(C(F)(F)S(=O)(=O)O)c4)cc3)cc2)cc1. The maximum absolute atomic E-state index is 14.3. The quantitative estimate of drug-likeness (QED) is 0.255. The number of methoxy groups -OCH3 is 1. The highest BCUT2D eigenvalue weighted by Gasteiger charge is 2.47. The number of rotatable bonds is 8. The zero-order valence-corrected chi connectivity index (χ0v) is 21.8. The first-order chi connectivity index (χ1) is 17.8. The van der Waals surface area contributed by atoms with Crippen molar-refractivity contribution in [2.24, 2.45) is 0 Å². The summed E-state index contributed by atoms with van der Waals surface area (Å²) in [5.41, 5.74) is 0.617. The van der Waals surface area contributed by atoms with Crippen LogP contribution in [0.15, 0.2) is 101 Å². The lowest BCUT2D eigenvalue weighted by molar-refractivity contribution is 0.0780. The van der Waals surface area contributed by atoms with Crippen LogP contribution in [0.5, 0.6) is 17.2 Å². The van der Waals surface area contributed by atoms with Crippen molar-refractivity contribution in [2.75, 3.05) is 7.11 Å². The molecule has 0 aliphatic carbocycles. The molecule has 0 unspecified atom stereocenters. The van der Waals surface area contributed by atoms with Crippen molar-refractivity contribution in [3.63, 3.8) is 0 Å². The van der Waals surface area contributed by atoms with Gasteiger partial charge < -0.3 is 9.47 Å². The summed E-state index contributed by atoms with van der Waals surface area (Å²) >= 11 is 0. The molecule has 0 saturated carbocycles. The Morgan fingerprint density at radius 2 is 1.13 bits per heavy atom. The van der Waals surface area contributed by atoms with Crippen molar-refractivity contribution in [3.8, 4) is 28.4 Å². The van der Waals surface area contributed by atoms with Gasteiger partial charge in [-0.2, -0.15) is 17.2 Å². The zero-order chi connectivity index (χ0) is 27.7. The van der Waals surface area contributed by atoms with Gasteiger partial charge in [0.05, 0.1) is 16.9 Å². The van der Waals surface area contributed by atoms with Gasteiger partial charge in [0, 0.05) is 5.56 Å². The molecule has 0 spiro atoms. The van der Waals surface area contributed by atoms with Crippen LogP contribution in [0.2, 0.25) is 0 Å². The Balaban J connectivity index is 1.54. The molecule has 0 bridgehead atoms. The minimum Gasteiger partial charge on any atom is -0.497 e. The third-order valence-electron chi connectivity index (χ3n) is 5.80. The Bertz CT molecular complexity index is 1670. The van der Waals surface area contributed by atoms with E-state index in [-0.39, 0.29) is 10.5 Å². The van der Waals surface area contributed by atoms with Gasteiger partial charge in [0.1, 0.15) is 17.2 Å². The largest absolute Gasteiger partial charge is 0.497 e. The third-order valence-corrected chi connectivity index (χ3v) is 8.44. The monoisotopic (exact) mass is 560 g/mol. The first-order valence-electron chi connectivity index (χ1n) is 11.1. The molecule has 0 amide bonds. The molecule has 0 aliphatic rings. The molecule has 0 atom stereocenters. The molecule has 38 heavy (non-hydrogen) atoms. The lowest BCUT2D eigenvalue weighted by Gasteiger charge is -2.17. The van der Waals surface area contributed by atoms with E-state index in [0.29, 0.717) is 17.6 Å². The Hall–Kier alpha value is -3.80. The fraction of sp³-hybridized carbons (Fsp3) is 0.111. The smallest absolute Gasteiger partial charge is 0.395 e. The average Bonchev–Trinajstić information content (AvgIpc) is 2.89. The van der Waals surface area contributed by atoms with Crippen LogP contribution < -0.4 is 9.47 Å². The van der Waals surface area contributed by atoms with Gasteiger partial charge in [-0.15, -0.1) is 0 Å². The number of halogens is 2. The summed E-state index contributed by atoms with van der Waals surface area (Å²) in [6.45, 7) is 1.18. The van der Waals surface area contributed by atoms with E-state index in [2.05, 4.69) is 0 Å². The Labute approximate surface area is 219 Å². The van der Waals surface area contributed by atoms with E-state index in [0.717, 1.165) is 29.0 Å². The molecule has 0 aromatic heterocycles. The van der Waals surface area contributed by atoms with Gasteiger partial charge in [-0.3, -0.25) is 4.55 Å². The fourth-order valence-electron chi connectivity index (χ4n) is 3.68. The van der Waals surface area contributed by atoms with Crippen LogP contribution in [0, 0.1) is 6.92 Å². The lowest BCUT2D eigenvalue weighted by atomic mass is 10.1.